The van der Waals surface area contributed by atoms with Crippen LogP contribution in [-0.4, -0.2) is 26.3 Å². The first-order valence-electron chi connectivity index (χ1n) is 2.84. The van der Waals surface area contributed by atoms with E-state index in [1.807, 2.05) is 0 Å². The van der Waals surface area contributed by atoms with Crippen molar-refractivity contribution in [2.24, 2.45) is 0 Å². The third-order valence-electron chi connectivity index (χ3n) is 0.793. The van der Waals surface area contributed by atoms with Crippen molar-refractivity contribution in [1.29, 1.82) is 0 Å². The molecule has 0 saturated carbocycles. The molecule has 0 N–H and O–H groups in total. The van der Waals surface area contributed by atoms with E-state index >= 15 is 0 Å². The maximum absolute atomic E-state index is 10.1. The molecule has 0 rings (SSSR count). The summed E-state index contributed by atoms with van der Waals surface area (Å²) in [4.78, 5) is 46.4. The summed E-state index contributed by atoms with van der Waals surface area (Å²) in [6, 6.07) is 0. The van der Waals surface area contributed by atoms with Crippen molar-refractivity contribution < 1.29 is 34.7 Å². The van der Waals surface area contributed by atoms with Gasteiger partial charge in [0.25, 0.3) is 0 Å². The SMILES string of the molecule is O=[N+]([O-])OC(O[N+](=O)[O-])(O[N+](=O)[O-])[N+](=O)[O-]. The summed E-state index contributed by atoms with van der Waals surface area (Å²) in [7, 11) is 0. The number of nitro groups is 1. The molecule has 0 spiro atoms. The highest BCUT2D eigenvalue weighted by molar-refractivity contribution is 4.27. The van der Waals surface area contributed by atoms with Gasteiger partial charge in [-0.1, -0.05) is 0 Å². The molecule has 0 heterocycles. The Balaban J connectivity index is 5.19. The van der Waals surface area contributed by atoms with Gasteiger partial charge in [0.1, 0.15) is 4.92 Å². The van der Waals surface area contributed by atoms with Crippen LogP contribution in [0, 0.1) is 40.5 Å². The topological polar surface area (TPSA) is 200 Å². The average molecular weight is 244 g/mol. The van der Waals surface area contributed by atoms with Gasteiger partial charge < -0.3 is 0 Å². The first-order valence-corrected chi connectivity index (χ1v) is 2.84. The van der Waals surface area contributed by atoms with Gasteiger partial charge in [-0.2, -0.15) is 14.5 Å². The standard InChI is InChI=1S/CN4O11/c6-2(7)1(14-3(8)9,15-4(10)11)16-5(12)13. The van der Waals surface area contributed by atoms with E-state index in [0.29, 0.717) is 0 Å². The van der Waals surface area contributed by atoms with Crippen LogP contribution in [0.5, 0.6) is 0 Å². The second-order valence-corrected chi connectivity index (χ2v) is 1.73. The minimum atomic E-state index is -4.31. The van der Waals surface area contributed by atoms with Gasteiger partial charge in [-0.25, -0.2) is 0 Å². The fourth-order valence-corrected chi connectivity index (χ4v) is 0.433. The van der Waals surface area contributed by atoms with Crippen LogP contribution in [0.25, 0.3) is 0 Å². The van der Waals surface area contributed by atoms with Crippen LogP contribution in [0.2, 0.25) is 0 Å². The summed E-state index contributed by atoms with van der Waals surface area (Å²) in [5.74, 6) is 0. The van der Waals surface area contributed by atoms with E-state index in [9.17, 15) is 40.5 Å². The third kappa shape index (κ3) is 3.40. The Hall–Kier alpha value is -3.00. The lowest BCUT2D eigenvalue weighted by molar-refractivity contribution is -1.04. The van der Waals surface area contributed by atoms with Crippen LogP contribution in [0.4, 0.5) is 0 Å². The minimum Gasteiger partial charge on any atom is -0.259 e. The lowest BCUT2D eigenvalue weighted by Crippen LogP contribution is -2.50. The van der Waals surface area contributed by atoms with Crippen molar-refractivity contribution in [3.05, 3.63) is 40.5 Å². The highest BCUT2D eigenvalue weighted by Gasteiger charge is 2.58. The summed E-state index contributed by atoms with van der Waals surface area (Å²) in [5.41, 5.74) is 0. The average Bonchev–Trinajstić information content (AvgIpc) is 1.98. The monoisotopic (exact) mass is 244 g/mol. The summed E-state index contributed by atoms with van der Waals surface area (Å²) in [6.07, 6.45) is -4.31. The van der Waals surface area contributed by atoms with Gasteiger partial charge in [-0.15, -0.1) is 30.3 Å². The Morgan fingerprint density at radius 1 is 0.688 bits per heavy atom. The van der Waals surface area contributed by atoms with E-state index in [4.69, 9.17) is 0 Å². The van der Waals surface area contributed by atoms with E-state index < -0.39 is 26.3 Å². The molecule has 15 heteroatoms. The molecular weight excluding hydrogens is 244 g/mol. The minimum absolute atomic E-state index is 1.93. The number of rotatable bonds is 7. The van der Waals surface area contributed by atoms with Crippen LogP contribution < -0.4 is 0 Å². The normalized spacial score (nSPS) is 10.0. The van der Waals surface area contributed by atoms with Crippen molar-refractivity contribution in [1.82, 2.24) is 0 Å². The lowest BCUT2D eigenvalue weighted by atomic mass is 11.0. The molecule has 0 radical (unpaired) electrons. The number of nitrogens with zero attached hydrogens (tertiary/aromatic N) is 4. The van der Waals surface area contributed by atoms with E-state index in [1.54, 1.807) is 0 Å². The summed E-state index contributed by atoms with van der Waals surface area (Å²) in [5, 5.41) is 33.6. The molecule has 16 heavy (non-hydrogen) atoms. The zero-order valence-electron chi connectivity index (χ0n) is 6.78. The fourth-order valence-electron chi connectivity index (χ4n) is 0.433. The van der Waals surface area contributed by atoms with Gasteiger partial charge in [0.15, 0.2) is 0 Å². The second kappa shape index (κ2) is 4.48. The van der Waals surface area contributed by atoms with E-state index in [0.717, 1.165) is 0 Å². The van der Waals surface area contributed by atoms with Crippen LogP contribution in [0.1, 0.15) is 0 Å². The highest BCUT2D eigenvalue weighted by Crippen LogP contribution is 2.16. The summed E-state index contributed by atoms with van der Waals surface area (Å²) in [6.45, 7) is 0. The van der Waals surface area contributed by atoms with Crippen molar-refractivity contribution in [3.63, 3.8) is 0 Å². The zero-order chi connectivity index (χ0) is 12.9. The largest absolute Gasteiger partial charge is 0.674 e. The molecule has 0 bridgehead atoms. The molecule has 0 atom stereocenters. The van der Waals surface area contributed by atoms with Gasteiger partial charge in [0.05, 0.1) is 0 Å². The van der Waals surface area contributed by atoms with Gasteiger partial charge in [-0.3, -0.25) is 10.1 Å². The van der Waals surface area contributed by atoms with Crippen LogP contribution in [0.3, 0.4) is 0 Å². The Kier molecular flexibility index (Phi) is 3.64. The maximum Gasteiger partial charge on any atom is 0.674 e. The van der Waals surface area contributed by atoms with Gasteiger partial charge in [0.2, 0.25) is 0 Å². The molecule has 0 aliphatic rings. The molecular formula is CN4O11. The van der Waals surface area contributed by atoms with E-state index in [1.165, 1.54) is 0 Å². The second-order valence-electron chi connectivity index (χ2n) is 1.73. The predicted octanol–water partition coefficient (Wildman–Crippen LogP) is -1.50. The molecule has 90 valence electrons. The van der Waals surface area contributed by atoms with Crippen LogP contribution in [0.15, 0.2) is 0 Å². The molecule has 0 aromatic carbocycles. The smallest absolute Gasteiger partial charge is 0.259 e. The predicted molar refractivity (Wildman–Crippen MR) is 34.0 cm³/mol. The van der Waals surface area contributed by atoms with Gasteiger partial charge >= 0.3 is 21.4 Å². The van der Waals surface area contributed by atoms with Crippen molar-refractivity contribution >= 4 is 0 Å². The number of hydrogen-bond donors (Lipinski definition) is 0. The number of hydrogen-bond acceptors (Lipinski definition) is 11. The Morgan fingerprint density at radius 3 is 1.06 bits per heavy atom. The van der Waals surface area contributed by atoms with Crippen molar-refractivity contribution in [3.8, 4) is 0 Å². The Labute approximate surface area is 82.6 Å². The van der Waals surface area contributed by atoms with E-state index in [-0.39, 0.29) is 0 Å². The molecule has 0 aliphatic heterocycles. The zero-order valence-corrected chi connectivity index (χ0v) is 6.78. The van der Waals surface area contributed by atoms with E-state index in [2.05, 4.69) is 14.5 Å². The Bertz CT molecular complexity index is 292. The van der Waals surface area contributed by atoms with Gasteiger partial charge in [-0.05, 0) is 0 Å². The first kappa shape index (κ1) is 13.0. The van der Waals surface area contributed by atoms with Gasteiger partial charge in [0, 0.05) is 0 Å². The third-order valence-corrected chi connectivity index (χ3v) is 0.793. The molecule has 0 aromatic heterocycles. The highest BCUT2D eigenvalue weighted by atomic mass is 17.2. The van der Waals surface area contributed by atoms with Crippen molar-refractivity contribution in [2.75, 3.05) is 0 Å². The lowest BCUT2D eigenvalue weighted by Gasteiger charge is -2.15. The van der Waals surface area contributed by atoms with Crippen LogP contribution in [-0.2, 0) is 14.5 Å². The molecule has 0 aromatic rings. The molecule has 15 nitrogen and oxygen atoms in total. The molecule has 0 unspecified atom stereocenters. The molecule has 0 amide bonds. The molecule has 0 fully saturated rings. The molecule has 0 aliphatic carbocycles. The summed E-state index contributed by atoms with van der Waals surface area (Å²) < 4.78 is 0. The molecule has 0 saturated heterocycles. The maximum atomic E-state index is 10.1. The van der Waals surface area contributed by atoms with Crippen LogP contribution >= 0.6 is 0 Å². The fraction of sp³-hybridized carbons (Fsp3) is 1.00. The Morgan fingerprint density at radius 2 is 0.938 bits per heavy atom. The summed E-state index contributed by atoms with van der Waals surface area (Å²) >= 11 is 0. The first-order chi connectivity index (χ1) is 7.19. The quantitative estimate of drug-likeness (QED) is 0.286. The van der Waals surface area contributed by atoms with Crippen molar-refractivity contribution in [2.45, 2.75) is 6.10 Å².